The Labute approximate surface area is 331 Å². The van der Waals surface area contributed by atoms with Crippen LogP contribution in [0.2, 0.25) is 0 Å². The van der Waals surface area contributed by atoms with Crippen LogP contribution in [0.5, 0.6) is 0 Å². The summed E-state index contributed by atoms with van der Waals surface area (Å²) in [5.74, 6) is 0.863. The Hall–Kier alpha value is -7.57. The summed E-state index contributed by atoms with van der Waals surface area (Å²) >= 11 is 0. The van der Waals surface area contributed by atoms with Gasteiger partial charge in [-0.3, -0.25) is 8.97 Å². The molecule has 8 aromatic carbocycles. The van der Waals surface area contributed by atoms with Crippen molar-refractivity contribution in [3.63, 3.8) is 0 Å². The molecule has 0 saturated heterocycles. The van der Waals surface area contributed by atoms with Gasteiger partial charge in [0.05, 0.1) is 28.1 Å². The predicted octanol–water partition coefficient (Wildman–Crippen LogP) is 10.7. The molecule has 0 bridgehead atoms. The molecule has 0 amide bonds. The van der Waals surface area contributed by atoms with Gasteiger partial charge >= 0.3 is 0 Å². The molecule has 4 heterocycles. The number of nitrogens with zero attached hydrogens (tertiary/aromatic N) is 5. The Bertz CT molecular complexity index is 3030. The Morgan fingerprint density at radius 3 is 1.40 bits per heavy atom. The van der Waals surface area contributed by atoms with Crippen molar-refractivity contribution in [2.75, 3.05) is 9.80 Å². The molecule has 10 aromatic rings. The summed E-state index contributed by atoms with van der Waals surface area (Å²) in [7, 11) is 0. The lowest BCUT2D eigenvalue weighted by Gasteiger charge is -2.44. The van der Waals surface area contributed by atoms with Crippen molar-refractivity contribution in [2.24, 2.45) is 0 Å². The van der Waals surface area contributed by atoms with Crippen LogP contribution in [0.15, 0.2) is 206 Å². The summed E-state index contributed by atoms with van der Waals surface area (Å²) < 4.78 is 4.72. The van der Waals surface area contributed by atoms with Crippen molar-refractivity contribution >= 4 is 74.0 Å². The van der Waals surface area contributed by atoms with Crippen molar-refractivity contribution < 1.29 is 0 Å². The molecule has 0 unspecified atom stereocenters. The molecule has 0 fully saturated rings. The highest BCUT2D eigenvalue weighted by Crippen LogP contribution is 2.46. The number of anilines is 6. The Balaban J connectivity index is 1.23. The molecular weight excluding hydrogens is 693 g/mol. The standard InChI is InChI=1S/C51H34BN5/c1-5-19-35(20-6-1)49-50(36-21-7-2-8-22-36)57-45-32-18-17-31-44(45)56(51(57)53-49)39-33-46-48-47(34-39)55(38-25-11-4-12-26-38)43-30-16-14-28-41(43)52(48)40-27-13-15-29-42(40)54(46)37-23-9-3-10-24-37/h1-34H. The zero-order valence-electron chi connectivity index (χ0n) is 30.9. The monoisotopic (exact) mass is 727 g/mol. The van der Waals surface area contributed by atoms with Gasteiger partial charge < -0.3 is 9.80 Å². The second-order valence-electron chi connectivity index (χ2n) is 14.8. The highest BCUT2D eigenvalue weighted by atomic mass is 15.2. The fourth-order valence-corrected chi connectivity index (χ4v) is 9.37. The van der Waals surface area contributed by atoms with Crippen molar-refractivity contribution in [1.29, 1.82) is 0 Å². The maximum absolute atomic E-state index is 5.59. The molecule has 266 valence electrons. The van der Waals surface area contributed by atoms with E-state index in [-0.39, 0.29) is 6.71 Å². The highest BCUT2D eigenvalue weighted by Gasteiger charge is 2.43. The van der Waals surface area contributed by atoms with E-state index in [1.807, 2.05) is 0 Å². The first kappa shape index (κ1) is 31.8. The largest absolute Gasteiger partial charge is 0.311 e. The normalized spacial score (nSPS) is 12.8. The van der Waals surface area contributed by atoms with Crippen molar-refractivity contribution in [1.82, 2.24) is 14.0 Å². The predicted molar refractivity (Wildman–Crippen MR) is 237 cm³/mol. The second-order valence-corrected chi connectivity index (χ2v) is 14.8. The lowest BCUT2D eigenvalue weighted by molar-refractivity contribution is 1.10. The number of fused-ring (bicyclic) bond motifs is 7. The summed E-state index contributed by atoms with van der Waals surface area (Å²) in [5, 5.41) is 0. The van der Waals surface area contributed by atoms with Crippen LogP contribution in [-0.2, 0) is 0 Å². The molecule has 0 atom stereocenters. The maximum atomic E-state index is 5.59. The quantitative estimate of drug-likeness (QED) is 0.165. The van der Waals surface area contributed by atoms with E-state index in [9.17, 15) is 0 Å². The van der Waals surface area contributed by atoms with Gasteiger partial charge in [0.25, 0.3) is 6.71 Å². The van der Waals surface area contributed by atoms with Crippen molar-refractivity contribution in [2.45, 2.75) is 0 Å². The van der Waals surface area contributed by atoms with E-state index in [1.54, 1.807) is 0 Å². The van der Waals surface area contributed by atoms with Crippen LogP contribution in [-0.4, -0.2) is 20.7 Å². The smallest absolute Gasteiger partial charge is 0.252 e. The van der Waals surface area contributed by atoms with Crippen LogP contribution in [0.25, 0.3) is 45.0 Å². The number of rotatable bonds is 5. The van der Waals surface area contributed by atoms with E-state index in [0.29, 0.717) is 0 Å². The molecule has 0 spiro atoms. The zero-order chi connectivity index (χ0) is 37.5. The van der Waals surface area contributed by atoms with Gasteiger partial charge in [0.15, 0.2) is 0 Å². The van der Waals surface area contributed by atoms with Gasteiger partial charge in [-0.05, 0) is 77.1 Å². The number of para-hydroxylation sites is 6. The number of benzene rings is 8. The SMILES string of the molecule is c1ccc(-c2nc3n(-c4cc5c6c(c4)N(c4ccccc4)c4ccccc4B6c4ccccc4N5c4ccccc4)c4ccccc4n3c2-c2ccccc2)cc1. The van der Waals surface area contributed by atoms with E-state index in [1.165, 1.54) is 27.8 Å². The van der Waals surface area contributed by atoms with Crippen LogP contribution >= 0.6 is 0 Å². The second kappa shape index (κ2) is 12.5. The number of hydrogen-bond acceptors (Lipinski definition) is 3. The van der Waals surface area contributed by atoms with E-state index < -0.39 is 0 Å². The Kier molecular flexibility index (Phi) is 6.95. The lowest BCUT2D eigenvalue weighted by Crippen LogP contribution is -2.61. The van der Waals surface area contributed by atoms with E-state index in [0.717, 1.165) is 67.8 Å². The number of imidazole rings is 2. The molecule has 2 aliphatic heterocycles. The minimum Gasteiger partial charge on any atom is -0.311 e. The molecular formula is C51H34BN5. The molecule has 12 rings (SSSR count). The van der Waals surface area contributed by atoms with E-state index >= 15 is 0 Å². The molecule has 0 aliphatic carbocycles. The van der Waals surface area contributed by atoms with Gasteiger partial charge in [-0.1, -0.05) is 146 Å². The van der Waals surface area contributed by atoms with Gasteiger partial charge in [0.2, 0.25) is 5.78 Å². The van der Waals surface area contributed by atoms with Crippen molar-refractivity contribution in [3.8, 4) is 28.2 Å². The van der Waals surface area contributed by atoms with Crippen LogP contribution in [0.4, 0.5) is 34.1 Å². The van der Waals surface area contributed by atoms with E-state index in [4.69, 9.17) is 4.98 Å². The molecule has 2 aliphatic rings. The molecule has 5 nitrogen and oxygen atoms in total. The summed E-state index contributed by atoms with van der Waals surface area (Å²) in [4.78, 5) is 10.5. The summed E-state index contributed by atoms with van der Waals surface area (Å²) in [5.41, 5.74) is 18.3. The molecule has 0 N–H and O–H groups in total. The first-order chi connectivity index (χ1) is 28.3. The lowest BCUT2D eigenvalue weighted by atomic mass is 9.33. The minimum atomic E-state index is 0.0404. The van der Waals surface area contributed by atoms with Crippen molar-refractivity contribution in [3.05, 3.63) is 206 Å². The first-order valence-electron chi connectivity index (χ1n) is 19.5. The number of hydrogen-bond donors (Lipinski definition) is 0. The van der Waals surface area contributed by atoms with Crippen LogP contribution < -0.4 is 26.2 Å². The summed E-state index contributed by atoms with van der Waals surface area (Å²) in [6.07, 6.45) is 0. The van der Waals surface area contributed by atoms with Gasteiger partial charge in [-0.15, -0.1) is 0 Å². The third-order valence-electron chi connectivity index (χ3n) is 11.7. The molecule has 2 aromatic heterocycles. The van der Waals surface area contributed by atoms with Crippen LogP contribution in [0.3, 0.4) is 0 Å². The Morgan fingerprint density at radius 1 is 0.386 bits per heavy atom. The molecule has 0 saturated carbocycles. The third kappa shape index (κ3) is 4.68. The minimum absolute atomic E-state index is 0.0404. The first-order valence-corrected chi connectivity index (χ1v) is 19.5. The van der Waals surface area contributed by atoms with E-state index in [2.05, 4.69) is 225 Å². The fraction of sp³-hybridized carbons (Fsp3) is 0. The Morgan fingerprint density at radius 2 is 0.842 bits per heavy atom. The molecule has 6 heteroatoms. The average molecular weight is 728 g/mol. The molecule has 0 radical (unpaired) electrons. The summed E-state index contributed by atoms with van der Waals surface area (Å²) in [6.45, 7) is 0.0404. The van der Waals surface area contributed by atoms with Crippen LogP contribution in [0.1, 0.15) is 0 Å². The van der Waals surface area contributed by atoms with Crippen LogP contribution in [0, 0.1) is 0 Å². The van der Waals surface area contributed by atoms with Gasteiger partial charge in [0.1, 0.15) is 0 Å². The maximum Gasteiger partial charge on any atom is 0.252 e. The van der Waals surface area contributed by atoms with Gasteiger partial charge in [-0.25, -0.2) is 4.98 Å². The number of aromatic nitrogens is 3. The fourth-order valence-electron chi connectivity index (χ4n) is 9.37. The summed E-state index contributed by atoms with van der Waals surface area (Å²) in [6, 6.07) is 74.3. The average Bonchev–Trinajstić information content (AvgIpc) is 3.82. The molecule has 57 heavy (non-hydrogen) atoms. The topological polar surface area (TPSA) is 28.7 Å². The van der Waals surface area contributed by atoms with Gasteiger partial charge in [0, 0.05) is 45.3 Å². The zero-order valence-corrected chi connectivity index (χ0v) is 30.9. The highest BCUT2D eigenvalue weighted by molar-refractivity contribution is 7.00. The third-order valence-corrected chi connectivity index (χ3v) is 11.7. The van der Waals surface area contributed by atoms with Gasteiger partial charge in [-0.2, -0.15) is 0 Å².